The molecule has 0 radical (unpaired) electrons. The number of benzene rings is 1. The smallest absolute Gasteiger partial charge is 0.211 e. The lowest BCUT2D eigenvalue weighted by molar-refractivity contribution is 0.550. The molecule has 0 heterocycles. The topological polar surface area (TPSA) is 29.4 Å². The standard InChI is InChI=1S/C10H9NO/c1-7-2-3-9-8(4-7)5-10(9)11-6-12/h2-4,10H,5H2,1H3. The second-order valence-electron chi connectivity index (χ2n) is 3.14. The summed E-state index contributed by atoms with van der Waals surface area (Å²) in [5.74, 6) is 0. The second kappa shape index (κ2) is 2.58. The number of carbonyl (C=O) groups excluding carboxylic acids is 1. The van der Waals surface area contributed by atoms with E-state index in [0.29, 0.717) is 0 Å². The number of hydrogen-bond donors (Lipinski definition) is 0. The van der Waals surface area contributed by atoms with Gasteiger partial charge in [0.25, 0.3) is 0 Å². The molecule has 1 atom stereocenters. The molecule has 1 aliphatic rings. The van der Waals surface area contributed by atoms with E-state index in [-0.39, 0.29) is 6.04 Å². The fourth-order valence-corrected chi connectivity index (χ4v) is 1.60. The van der Waals surface area contributed by atoms with Crippen molar-refractivity contribution < 1.29 is 4.79 Å². The molecule has 1 unspecified atom stereocenters. The van der Waals surface area contributed by atoms with Crippen molar-refractivity contribution in [3.05, 3.63) is 34.9 Å². The summed E-state index contributed by atoms with van der Waals surface area (Å²) < 4.78 is 0. The highest BCUT2D eigenvalue weighted by Crippen LogP contribution is 2.35. The fraction of sp³-hybridized carbons (Fsp3) is 0.300. The normalized spacial score (nSPS) is 18.9. The maximum atomic E-state index is 9.99. The molecule has 2 heteroatoms. The zero-order chi connectivity index (χ0) is 8.55. The van der Waals surface area contributed by atoms with Crippen LogP contribution in [0.3, 0.4) is 0 Å². The van der Waals surface area contributed by atoms with Crippen LogP contribution in [0.2, 0.25) is 0 Å². The van der Waals surface area contributed by atoms with Gasteiger partial charge in [-0.05, 0) is 18.1 Å². The Hall–Kier alpha value is -1.40. The van der Waals surface area contributed by atoms with Crippen molar-refractivity contribution in [2.24, 2.45) is 4.99 Å². The number of rotatable bonds is 1. The zero-order valence-corrected chi connectivity index (χ0v) is 6.87. The third-order valence-corrected chi connectivity index (χ3v) is 2.28. The lowest BCUT2D eigenvalue weighted by Gasteiger charge is -2.25. The summed E-state index contributed by atoms with van der Waals surface area (Å²) in [6, 6.07) is 6.31. The van der Waals surface area contributed by atoms with E-state index < -0.39 is 0 Å². The van der Waals surface area contributed by atoms with Crippen molar-refractivity contribution in [3.63, 3.8) is 0 Å². The van der Waals surface area contributed by atoms with E-state index in [1.807, 2.05) is 12.1 Å². The predicted molar refractivity (Wildman–Crippen MR) is 45.7 cm³/mol. The van der Waals surface area contributed by atoms with Crippen molar-refractivity contribution in [1.82, 2.24) is 0 Å². The van der Waals surface area contributed by atoms with Crippen LogP contribution < -0.4 is 0 Å². The third-order valence-electron chi connectivity index (χ3n) is 2.28. The van der Waals surface area contributed by atoms with Gasteiger partial charge in [-0.1, -0.05) is 23.8 Å². The van der Waals surface area contributed by atoms with E-state index in [1.165, 1.54) is 16.7 Å². The molecule has 1 aliphatic carbocycles. The minimum atomic E-state index is 0.0816. The molecule has 2 rings (SSSR count). The number of aliphatic imine (C=N–C) groups is 1. The minimum absolute atomic E-state index is 0.0816. The first-order valence-electron chi connectivity index (χ1n) is 3.97. The molecule has 1 aromatic rings. The summed E-state index contributed by atoms with van der Waals surface area (Å²) in [5.41, 5.74) is 3.77. The molecule has 0 fully saturated rings. The van der Waals surface area contributed by atoms with Crippen LogP contribution in [0.4, 0.5) is 0 Å². The van der Waals surface area contributed by atoms with Gasteiger partial charge in [-0.25, -0.2) is 4.79 Å². The highest BCUT2D eigenvalue weighted by Gasteiger charge is 2.24. The average Bonchev–Trinajstić information content (AvgIpc) is 2.01. The van der Waals surface area contributed by atoms with Crippen LogP contribution in [0.1, 0.15) is 22.7 Å². The first-order valence-corrected chi connectivity index (χ1v) is 3.97. The molecule has 0 N–H and O–H groups in total. The number of isocyanates is 1. The van der Waals surface area contributed by atoms with Crippen molar-refractivity contribution in [2.45, 2.75) is 19.4 Å². The van der Waals surface area contributed by atoms with Gasteiger partial charge in [-0.2, -0.15) is 4.99 Å². The summed E-state index contributed by atoms with van der Waals surface area (Å²) in [6.45, 7) is 2.07. The van der Waals surface area contributed by atoms with Gasteiger partial charge in [0.2, 0.25) is 6.08 Å². The van der Waals surface area contributed by atoms with Crippen LogP contribution in [-0.2, 0) is 11.2 Å². The van der Waals surface area contributed by atoms with Gasteiger partial charge in [0.15, 0.2) is 0 Å². The van der Waals surface area contributed by atoms with Gasteiger partial charge >= 0.3 is 0 Å². The molecular weight excluding hydrogens is 150 g/mol. The minimum Gasteiger partial charge on any atom is -0.211 e. The largest absolute Gasteiger partial charge is 0.235 e. The average molecular weight is 159 g/mol. The van der Waals surface area contributed by atoms with Crippen LogP contribution in [0, 0.1) is 6.92 Å². The SMILES string of the molecule is Cc1ccc2c(c1)CC2N=C=O. The molecule has 0 saturated heterocycles. The van der Waals surface area contributed by atoms with Crippen LogP contribution in [-0.4, -0.2) is 6.08 Å². The van der Waals surface area contributed by atoms with E-state index in [4.69, 9.17) is 0 Å². The Morgan fingerprint density at radius 3 is 3.08 bits per heavy atom. The quantitative estimate of drug-likeness (QED) is 0.454. The highest BCUT2D eigenvalue weighted by atomic mass is 16.1. The molecule has 1 aromatic carbocycles. The van der Waals surface area contributed by atoms with E-state index in [1.54, 1.807) is 6.08 Å². The number of fused-ring (bicyclic) bond motifs is 1. The second-order valence-corrected chi connectivity index (χ2v) is 3.14. The number of aryl methyl sites for hydroxylation is 1. The Morgan fingerprint density at radius 1 is 1.58 bits per heavy atom. The van der Waals surface area contributed by atoms with Gasteiger partial charge in [0.05, 0.1) is 6.04 Å². The molecular formula is C10H9NO. The van der Waals surface area contributed by atoms with Crippen molar-refractivity contribution in [3.8, 4) is 0 Å². The van der Waals surface area contributed by atoms with E-state index in [9.17, 15) is 4.79 Å². The predicted octanol–water partition coefficient (Wildman–Crippen LogP) is 1.93. The van der Waals surface area contributed by atoms with Gasteiger partial charge < -0.3 is 0 Å². The maximum absolute atomic E-state index is 9.99. The summed E-state index contributed by atoms with van der Waals surface area (Å²) in [5, 5.41) is 0. The van der Waals surface area contributed by atoms with E-state index >= 15 is 0 Å². The third kappa shape index (κ3) is 0.973. The van der Waals surface area contributed by atoms with Crippen LogP contribution in [0.5, 0.6) is 0 Å². The van der Waals surface area contributed by atoms with Gasteiger partial charge in [0, 0.05) is 6.42 Å². The maximum Gasteiger partial charge on any atom is 0.235 e. The van der Waals surface area contributed by atoms with Gasteiger partial charge in [0.1, 0.15) is 0 Å². The van der Waals surface area contributed by atoms with Gasteiger partial charge in [-0.15, -0.1) is 0 Å². The molecule has 2 nitrogen and oxygen atoms in total. The first kappa shape index (κ1) is 7.26. The van der Waals surface area contributed by atoms with E-state index in [2.05, 4.69) is 18.0 Å². The molecule has 12 heavy (non-hydrogen) atoms. The summed E-state index contributed by atoms with van der Waals surface area (Å²) in [7, 11) is 0. The monoisotopic (exact) mass is 159 g/mol. The first-order chi connectivity index (χ1) is 5.81. The van der Waals surface area contributed by atoms with Crippen molar-refractivity contribution in [2.75, 3.05) is 0 Å². The molecule has 0 saturated carbocycles. The Balaban J connectivity index is 2.36. The molecule has 0 spiro atoms. The Bertz CT molecular complexity index is 364. The molecule has 0 aromatic heterocycles. The molecule has 0 aliphatic heterocycles. The summed E-state index contributed by atoms with van der Waals surface area (Å²) in [4.78, 5) is 13.7. The fourth-order valence-electron chi connectivity index (χ4n) is 1.60. The molecule has 0 bridgehead atoms. The Labute approximate surface area is 70.9 Å². The van der Waals surface area contributed by atoms with E-state index in [0.717, 1.165) is 6.42 Å². The lowest BCUT2D eigenvalue weighted by atomic mass is 9.83. The Morgan fingerprint density at radius 2 is 2.42 bits per heavy atom. The summed E-state index contributed by atoms with van der Waals surface area (Å²) in [6.07, 6.45) is 2.50. The number of nitrogens with zero attached hydrogens (tertiary/aromatic N) is 1. The van der Waals surface area contributed by atoms with Crippen molar-refractivity contribution >= 4 is 6.08 Å². The molecule has 0 amide bonds. The zero-order valence-electron chi connectivity index (χ0n) is 6.87. The summed E-state index contributed by atoms with van der Waals surface area (Å²) >= 11 is 0. The number of hydrogen-bond acceptors (Lipinski definition) is 2. The van der Waals surface area contributed by atoms with Gasteiger partial charge in [-0.3, -0.25) is 0 Å². The Kier molecular flexibility index (Phi) is 1.56. The van der Waals surface area contributed by atoms with Crippen LogP contribution >= 0.6 is 0 Å². The van der Waals surface area contributed by atoms with Crippen LogP contribution in [0.15, 0.2) is 23.2 Å². The van der Waals surface area contributed by atoms with Crippen molar-refractivity contribution in [1.29, 1.82) is 0 Å². The van der Waals surface area contributed by atoms with Crippen LogP contribution in [0.25, 0.3) is 0 Å². The highest BCUT2D eigenvalue weighted by molar-refractivity contribution is 5.45. The lowest BCUT2D eigenvalue weighted by Crippen LogP contribution is -2.14. The molecule has 60 valence electrons.